The molecular formula is C12H16O4. The van der Waals surface area contributed by atoms with Gasteiger partial charge in [0.1, 0.15) is 0 Å². The van der Waals surface area contributed by atoms with E-state index in [9.17, 15) is 14.7 Å². The van der Waals surface area contributed by atoms with E-state index in [2.05, 4.69) is 0 Å². The first-order valence-electron chi connectivity index (χ1n) is 5.89. The number of fused-ring (bicyclic) bond motifs is 2. The molecule has 0 heterocycles. The van der Waals surface area contributed by atoms with Gasteiger partial charge in [0.2, 0.25) is 0 Å². The Morgan fingerprint density at radius 3 is 2.12 bits per heavy atom. The lowest BCUT2D eigenvalue weighted by molar-refractivity contribution is -0.174. The zero-order valence-electron chi connectivity index (χ0n) is 9.36. The van der Waals surface area contributed by atoms with Crippen molar-refractivity contribution in [3.63, 3.8) is 0 Å². The van der Waals surface area contributed by atoms with Gasteiger partial charge in [-0.3, -0.25) is 9.59 Å². The third-order valence-corrected chi connectivity index (χ3v) is 5.26. The Morgan fingerprint density at radius 2 is 1.62 bits per heavy atom. The van der Waals surface area contributed by atoms with Gasteiger partial charge in [-0.15, -0.1) is 0 Å². The highest BCUT2D eigenvalue weighted by Gasteiger charge is 2.73. The number of methoxy groups -OCH3 is 1. The average molecular weight is 224 g/mol. The molecule has 4 aliphatic rings. The second kappa shape index (κ2) is 2.79. The van der Waals surface area contributed by atoms with Crippen molar-refractivity contribution in [1.29, 1.82) is 0 Å². The molecule has 2 bridgehead atoms. The van der Waals surface area contributed by atoms with Gasteiger partial charge in [0.25, 0.3) is 0 Å². The normalized spacial score (nSPS) is 48.3. The second-order valence-electron chi connectivity index (χ2n) is 5.56. The summed E-state index contributed by atoms with van der Waals surface area (Å²) in [7, 11) is 1.43. The number of carboxylic acids is 1. The largest absolute Gasteiger partial charge is 0.481 e. The molecule has 0 spiro atoms. The Balaban J connectivity index is 1.94. The molecule has 0 aromatic rings. The Hall–Kier alpha value is -1.06. The zero-order valence-corrected chi connectivity index (χ0v) is 9.36. The van der Waals surface area contributed by atoms with Gasteiger partial charge >= 0.3 is 11.9 Å². The maximum atomic E-state index is 11.9. The van der Waals surface area contributed by atoms with Gasteiger partial charge in [-0.2, -0.15) is 0 Å². The molecule has 1 N–H and O–H groups in total. The fraction of sp³-hybridized carbons (Fsp3) is 0.833. The Kier molecular flexibility index (Phi) is 1.76. The van der Waals surface area contributed by atoms with Crippen LogP contribution < -0.4 is 0 Å². The van der Waals surface area contributed by atoms with Crippen LogP contribution in [0.2, 0.25) is 0 Å². The molecule has 4 saturated carbocycles. The van der Waals surface area contributed by atoms with Crippen molar-refractivity contribution in [3.8, 4) is 0 Å². The Bertz CT molecular complexity index is 365. The van der Waals surface area contributed by atoms with Gasteiger partial charge in [0.05, 0.1) is 17.9 Å². The number of aliphatic carboxylic acids is 1. The zero-order chi connectivity index (χ0) is 11.6. The molecule has 4 nitrogen and oxygen atoms in total. The first-order valence-corrected chi connectivity index (χ1v) is 5.89. The minimum atomic E-state index is -0.654. The summed E-state index contributed by atoms with van der Waals surface area (Å²) < 4.78 is 4.91. The highest BCUT2D eigenvalue weighted by Crippen LogP contribution is 2.73. The number of carboxylic acid groups (broad SMARTS) is 1. The van der Waals surface area contributed by atoms with Gasteiger partial charge in [0, 0.05) is 0 Å². The lowest BCUT2D eigenvalue weighted by atomic mass is 9.54. The summed E-state index contributed by atoms with van der Waals surface area (Å²) in [5.41, 5.74) is -0.850. The predicted octanol–water partition coefficient (Wildman–Crippen LogP) is 1.44. The maximum absolute atomic E-state index is 11.9. The van der Waals surface area contributed by atoms with Crippen molar-refractivity contribution in [1.82, 2.24) is 0 Å². The van der Waals surface area contributed by atoms with E-state index in [1.807, 2.05) is 0 Å². The number of hydrogen-bond donors (Lipinski definition) is 1. The van der Waals surface area contributed by atoms with Gasteiger partial charge in [0.15, 0.2) is 0 Å². The fourth-order valence-electron chi connectivity index (χ4n) is 4.23. The lowest BCUT2D eigenvalue weighted by Gasteiger charge is -2.48. The Morgan fingerprint density at radius 1 is 1.12 bits per heavy atom. The number of ether oxygens (including phenoxy) is 1. The molecule has 88 valence electrons. The highest BCUT2D eigenvalue weighted by molar-refractivity contribution is 5.82. The molecule has 4 aliphatic carbocycles. The smallest absolute Gasteiger partial charge is 0.312 e. The summed E-state index contributed by atoms with van der Waals surface area (Å²) in [6.45, 7) is 0. The van der Waals surface area contributed by atoms with Crippen molar-refractivity contribution < 1.29 is 19.4 Å². The molecule has 16 heavy (non-hydrogen) atoms. The van der Waals surface area contributed by atoms with Crippen LogP contribution in [0, 0.1) is 22.7 Å². The molecule has 0 radical (unpaired) electrons. The van der Waals surface area contributed by atoms with Gasteiger partial charge in [-0.25, -0.2) is 0 Å². The molecule has 4 heteroatoms. The standard InChI is InChI=1S/C12H16O4/c1-16-10(15)12-4-2-11(3-5-12,9(13)14)7-6-8(7)12/h7-8H,2-6H2,1H3,(H,13,14)/t7-,8-,11?,12?/m0/s1. The first kappa shape index (κ1) is 10.1. The molecule has 0 aromatic carbocycles. The number of rotatable bonds is 2. The van der Waals surface area contributed by atoms with E-state index in [1.165, 1.54) is 7.11 Å². The molecule has 0 saturated heterocycles. The summed E-state index contributed by atoms with van der Waals surface area (Å²) in [6, 6.07) is 0. The first-order chi connectivity index (χ1) is 7.57. The third kappa shape index (κ3) is 0.913. The monoisotopic (exact) mass is 224 g/mol. The predicted molar refractivity (Wildman–Crippen MR) is 54.6 cm³/mol. The lowest BCUT2D eigenvalue weighted by Crippen LogP contribution is -2.51. The van der Waals surface area contributed by atoms with Gasteiger partial charge in [-0.05, 0) is 43.9 Å². The minimum absolute atomic E-state index is 0.112. The van der Waals surface area contributed by atoms with E-state index < -0.39 is 11.4 Å². The van der Waals surface area contributed by atoms with E-state index in [1.54, 1.807) is 0 Å². The topological polar surface area (TPSA) is 63.6 Å². The summed E-state index contributed by atoms with van der Waals surface area (Å²) in [6.07, 6.45) is 3.61. The molecule has 0 aromatic heterocycles. The van der Waals surface area contributed by atoms with Gasteiger partial charge in [-0.1, -0.05) is 0 Å². The average Bonchev–Trinajstić information content (AvgIpc) is 3.10. The maximum Gasteiger partial charge on any atom is 0.312 e. The van der Waals surface area contributed by atoms with E-state index >= 15 is 0 Å². The van der Waals surface area contributed by atoms with Crippen molar-refractivity contribution in [2.75, 3.05) is 7.11 Å². The summed E-state index contributed by atoms with van der Waals surface area (Å²) in [5.74, 6) is -0.262. The molecule has 0 amide bonds. The number of hydrogen-bond acceptors (Lipinski definition) is 3. The second-order valence-corrected chi connectivity index (χ2v) is 5.56. The molecule has 0 aliphatic heterocycles. The minimum Gasteiger partial charge on any atom is -0.481 e. The van der Waals surface area contributed by atoms with Crippen LogP contribution >= 0.6 is 0 Å². The molecule has 4 fully saturated rings. The van der Waals surface area contributed by atoms with Crippen LogP contribution in [0.3, 0.4) is 0 Å². The van der Waals surface area contributed by atoms with Crippen LogP contribution in [-0.4, -0.2) is 24.2 Å². The van der Waals surface area contributed by atoms with Crippen molar-refractivity contribution >= 4 is 11.9 Å². The quantitative estimate of drug-likeness (QED) is 0.721. The number of carbonyl (C=O) groups excluding carboxylic acids is 1. The molecule has 4 rings (SSSR count). The van der Waals surface area contributed by atoms with Crippen molar-refractivity contribution in [2.45, 2.75) is 32.1 Å². The third-order valence-electron chi connectivity index (χ3n) is 5.26. The Labute approximate surface area is 94.0 Å². The summed E-state index contributed by atoms with van der Waals surface area (Å²) in [4.78, 5) is 23.3. The van der Waals surface area contributed by atoms with Crippen molar-refractivity contribution in [3.05, 3.63) is 0 Å². The van der Waals surface area contributed by atoms with E-state index in [0.29, 0.717) is 25.7 Å². The van der Waals surface area contributed by atoms with E-state index in [-0.39, 0.29) is 23.2 Å². The van der Waals surface area contributed by atoms with E-state index in [4.69, 9.17) is 4.74 Å². The summed E-state index contributed by atoms with van der Waals surface area (Å²) >= 11 is 0. The van der Waals surface area contributed by atoms with Gasteiger partial charge < -0.3 is 9.84 Å². The fourth-order valence-corrected chi connectivity index (χ4v) is 4.23. The van der Waals surface area contributed by atoms with E-state index in [0.717, 1.165) is 6.42 Å². The van der Waals surface area contributed by atoms with Crippen LogP contribution in [0.4, 0.5) is 0 Å². The van der Waals surface area contributed by atoms with Crippen LogP contribution in [-0.2, 0) is 14.3 Å². The van der Waals surface area contributed by atoms with Crippen LogP contribution in [0.1, 0.15) is 32.1 Å². The van der Waals surface area contributed by atoms with Crippen LogP contribution in [0.15, 0.2) is 0 Å². The summed E-state index contributed by atoms with van der Waals surface area (Å²) in [5, 5.41) is 9.37. The molecule has 0 unspecified atom stereocenters. The highest BCUT2D eigenvalue weighted by atomic mass is 16.5. The number of carbonyl (C=O) groups is 2. The SMILES string of the molecule is COC(=O)C12CCC(C(=O)O)(CC1)[C@H]1C[C@@H]12. The van der Waals surface area contributed by atoms with Crippen LogP contribution in [0.5, 0.6) is 0 Å². The molecule has 2 atom stereocenters. The number of esters is 1. The molecular weight excluding hydrogens is 208 g/mol. The van der Waals surface area contributed by atoms with Crippen molar-refractivity contribution in [2.24, 2.45) is 22.7 Å². The van der Waals surface area contributed by atoms with Crippen LogP contribution in [0.25, 0.3) is 0 Å².